The fraction of sp³-hybridized carbons (Fsp3) is 0.280. The summed E-state index contributed by atoms with van der Waals surface area (Å²) in [5.74, 6) is -0.190. The van der Waals surface area contributed by atoms with Crippen LogP contribution in [0, 0.1) is 17.7 Å². The third-order valence-electron chi connectivity index (χ3n) is 5.55. The van der Waals surface area contributed by atoms with Crippen LogP contribution >= 0.6 is 0 Å². The van der Waals surface area contributed by atoms with Crippen molar-refractivity contribution < 1.29 is 9.18 Å². The van der Waals surface area contributed by atoms with Crippen molar-refractivity contribution in [2.24, 2.45) is 11.8 Å². The van der Waals surface area contributed by atoms with Crippen LogP contribution in [-0.2, 0) is 6.54 Å². The molecule has 4 heteroatoms. The van der Waals surface area contributed by atoms with Crippen LogP contribution in [0.1, 0.15) is 48.8 Å². The second kappa shape index (κ2) is 8.56. The van der Waals surface area contributed by atoms with Gasteiger partial charge in [-0.25, -0.2) is 4.39 Å². The van der Waals surface area contributed by atoms with Gasteiger partial charge in [0.05, 0.1) is 5.56 Å². The van der Waals surface area contributed by atoms with Crippen molar-refractivity contribution in [1.29, 1.82) is 0 Å². The Morgan fingerprint density at radius 3 is 2.55 bits per heavy atom. The minimum absolute atomic E-state index is 0.142. The highest BCUT2D eigenvalue weighted by molar-refractivity contribution is 6.04. The van der Waals surface area contributed by atoms with Crippen LogP contribution < -0.4 is 5.43 Å². The molecule has 0 saturated carbocycles. The first-order valence-electron chi connectivity index (χ1n) is 9.96. The summed E-state index contributed by atoms with van der Waals surface area (Å²) in [5.41, 5.74) is 3.66. The number of hydrogen-bond acceptors (Lipinski definition) is 2. The van der Waals surface area contributed by atoms with Crippen molar-refractivity contribution >= 4 is 16.9 Å². The van der Waals surface area contributed by atoms with Gasteiger partial charge in [-0.05, 0) is 59.3 Å². The maximum absolute atomic E-state index is 13.3. The molecular weight excluding hydrogens is 365 g/mol. The summed E-state index contributed by atoms with van der Waals surface area (Å²) in [6.45, 7) is 10.5. The van der Waals surface area contributed by atoms with Crippen molar-refractivity contribution in [2.45, 2.75) is 33.7 Å². The third kappa shape index (κ3) is 4.21. The number of carbonyl (C=O) groups is 1. The highest BCUT2D eigenvalue weighted by Gasteiger charge is 2.25. The lowest BCUT2D eigenvalue weighted by molar-refractivity contribution is 0.104. The maximum Gasteiger partial charge on any atom is 0.193 e. The number of allylic oxidation sites excluding steroid dienone is 5. The van der Waals surface area contributed by atoms with Gasteiger partial charge in [0, 0.05) is 24.5 Å². The number of aromatic nitrogens is 1. The normalized spacial score (nSPS) is 18.8. The lowest BCUT2D eigenvalue weighted by atomic mass is 9.79. The molecule has 0 amide bonds. The predicted molar refractivity (Wildman–Crippen MR) is 116 cm³/mol. The molecule has 0 bridgehead atoms. The maximum atomic E-state index is 13.3. The molecule has 0 fully saturated rings. The zero-order chi connectivity index (χ0) is 21.1. The Kier molecular flexibility index (Phi) is 6.12. The predicted octanol–water partition coefficient (Wildman–Crippen LogP) is 5.52. The fourth-order valence-electron chi connectivity index (χ4n) is 3.73. The van der Waals surface area contributed by atoms with Gasteiger partial charge in [0.25, 0.3) is 0 Å². The molecule has 0 spiro atoms. The van der Waals surface area contributed by atoms with Crippen LogP contribution in [0.25, 0.3) is 11.1 Å². The number of halogens is 1. The highest BCUT2D eigenvalue weighted by Crippen LogP contribution is 2.38. The third-order valence-corrected chi connectivity index (χ3v) is 5.55. The first-order chi connectivity index (χ1) is 13.8. The van der Waals surface area contributed by atoms with Gasteiger partial charge in [0.1, 0.15) is 5.82 Å². The zero-order valence-corrected chi connectivity index (χ0v) is 17.1. The molecular formula is C25H26FNO2. The largest absolute Gasteiger partial charge is 0.347 e. The Morgan fingerprint density at radius 1 is 1.24 bits per heavy atom. The summed E-state index contributed by atoms with van der Waals surface area (Å²) in [4.78, 5) is 24.7. The molecule has 1 aromatic carbocycles. The Bertz CT molecular complexity index is 1060. The van der Waals surface area contributed by atoms with E-state index in [2.05, 4.69) is 39.5 Å². The number of benzene rings is 1. The Hall–Kier alpha value is -3.01. The van der Waals surface area contributed by atoms with Crippen molar-refractivity contribution in [2.75, 3.05) is 0 Å². The van der Waals surface area contributed by atoms with Crippen LogP contribution in [0.5, 0.6) is 0 Å². The summed E-state index contributed by atoms with van der Waals surface area (Å²) >= 11 is 0. The van der Waals surface area contributed by atoms with Crippen molar-refractivity contribution in [3.63, 3.8) is 0 Å². The topological polar surface area (TPSA) is 39.1 Å². The van der Waals surface area contributed by atoms with Crippen LogP contribution in [0.4, 0.5) is 4.39 Å². The average molecular weight is 391 g/mol. The van der Waals surface area contributed by atoms with Gasteiger partial charge in [0.15, 0.2) is 11.2 Å². The van der Waals surface area contributed by atoms with Gasteiger partial charge in [-0.15, -0.1) is 0 Å². The summed E-state index contributed by atoms with van der Waals surface area (Å²) in [6.07, 6.45) is 7.95. The minimum atomic E-state index is -0.364. The molecule has 29 heavy (non-hydrogen) atoms. The van der Waals surface area contributed by atoms with E-state index in [9.17, 15) is 14.0 Å². The van der Waals surface area contributed by atoms with E-state index >= 15 is 0 Å². The number of rotatable bonds is 6. The van der Waals surface area contributed by atoms with E-state index in [1.807, 2.05) is 4.57 Å². The summed E-state index contributed by atoms with van der Waals surface area (Å²) in [7, 11) is 0. The number of carbonyl (C=O) groups excluding carboxylic acids is 1. The van der Waals surface area contributed by atoms with Crippen molar-refractivity contribution in [1.82, 2.24) is 4.57 Å². The van der Waals surface area contributed by atoms with E-state index in [1.165, 1.54) is 18.2 Å². The van der Waals surface area contributed by atoms with E-state index in [4.69, 9.17) is 0 Å². The van der Waals surface area contributed by atoms with Gasteiger partial charge < -0.3 is 4.57 Å². The van der Waals surface area contributed by atoms with Crippen LogP contribution in [0.3, 0.4) is 0 Å². The lowest BCUT2D eigenvalue weighted by Crippen LogP contribution is -2.22. The molecule has 2 aromatic rings. The average Bonchev–Trinajstić information content (AvgIpc) is 2.71. The monoisotopic (exact) mass is 391 g/mol. The molecule has 150 valence electrons. The molecule has 3 nitrogen and oxygen atoms in total. The second-order valence-electron chi connectivity index (χ2n) is 7.57. The summed E-state index contributed by atoms with van der Waals surface area (Å²) in [5, 5.41) is 0. The molecule has 0 N–H and O–H groups in total. The molecule has 1 aliphatic carbocycles. The molecule has 3 rings (SSSR count). The number of ketones is 1. The highest BCUT2D eigenvalue weighted by atomic mass is 19.1. The molecule has 2 atom stereocenters. The second-order valence-corrected chi connectivity index (χ2v) is 7.57. The van der Waals surface area contributed by atoms with Gasteiger partial charge in [0.2, 0.25) is 0 Å². The van der Waals surface area contributed by atoms with E-state index in [-0.39, 0.29) is 34.4 Å². The lowest BCUT2D eigenvalue weighted by Gasteiger charge is -2.28. The smallest absolute Gasteiger partial charge is 0.193 e. The number of pyridine rings is 1. The number of hydrogen-bond donors (Lipinski definition) is 0. The molecule has 1 aliphatic rings. The summed E-state index contributed by atoms with van der Waals surface area (Å²) in [6, 6.07) is 8.01. The van der Waals surface area contributed by atoms with Crippen LogP contribution in [-0.4, -0.2) is 10.4 Å². The van der Waals surface area contributed by atoms with Crippen molar-refractivity contribution in [3.05, 3.63) is 94.2 Å². The minimum Gasteiger partial charge on any atom is -0.347 e. The van der Waals surface area contributed by atoms with Gasteiger partial charge >= 0.3 is 0 Å². The van der Waals surface area contributed by atoms with Gasteiger partial charge in [-0.2, -0.15) is 0 Å². The molecule has 0 aliphatic heterocycles. The van der Waals surface area contributed by atoms with Crippen LogP contribution in [0.15, 0.2) is 66.1 Å². The fourth-order valence-corrected chi connectivity index (χ4v) is 3.73. The van der Waals surface area contributed by atoms with E-state index in [0.717, 1.165) is 28.8 Å². The number of aryl methyl sites for hydroxylation is 1. The molecule has 2 unspecified atom stereocenters. The van der Waals surface area contributed by atoms with Gasteiger partial charge in [-0.1, -0.05) is 45.6 Å². The molecule has 1 aromatic heterocycles. The quantitative estimate of drug-likeness (QED) is 0.480. The first-order valence-corrected chi connectivity index (χ1v) is 9.96. The van der Waals surface area contributed by atoms with Crippen LogP contribution in [0.2, 0.25) is 0 Å². The Balaban J connectivity index is 2.16. The molecule has 0 saturated heterocycles. The van der Waals surface area contributed by atoms with Crippen molar-refractivity contribution in [3.8, 4) is 0 Å². The van der Waals surface area contributed by atoms with E-state index in [1.54, 1.807) is 24.4 Å². The van der Waals surface area contributed by atoms with E-state index in [0.29, 0.717) is 6.54 Å². The number of nitrogens with zero attached hydrogens (tertiary/aromatic N) is 1. The Labute approximate surface area is 170 Å². The molecule has 1 heterocycles. The van der Waals surface area contributed by atoms with E-state index < -0.39 is 0 Å². The first kappa shape index (κ1) is 20.7. The summed E-state index contributed by atoms with van der Waals surface area (Å²) < 4.78 is 15.3. The Morgan fingerprint density at radius 2 is 1.93 bits per heavy atom. The SMILES string of the molecule is C=CC(=O)c1cn(CCC)c(C2=CC(c3ccc(F)cc3)=CC(C)C2C)cc1=O. The standard InChI is InChI=1S/C25H26FNO2/c1-5-11-27-15-22(24(28)6-2)25(29)14-23(27)21-13-19(12-16(3)17(21)4)18-7-9-20(26)10-8-18/h6-10,12-17H,2,5,11H2,1,3-4H3. The zero-order valence-electron chi connectivity index (χ0n) is 17.1. The van der Waals surface area contributed by atoms with Gasteiger partial charge in [-0.3, -0.25) is 9.59 Å². The molecule has 0 radical (unpaired) electrons.